The molecule has 0 bridgehead atoms. The number of anilines is 2. The fourth-order valence-corrected chi connectivity index (χ4v) is 1.21. The molecule has 2 aromatic rings. The zero-order valence-electron chi connectivity index (χ0n) is 8.45. The number of nitrogens with one attached hydrogen (secondary N) is 1. The number of nitrogens with zero attached hydrogens (tertiary/aromatic N) is 4. The van der Waals surface area contributed by atoms with Crippen molar-refractivity contribution in [1.82, 2.24) is 19.7 Å². The highest BCUT2D eigenvalue weighted by molar-refractivity contribution is 5.93. The van der Waals surface area contributed by atoms with Crippen molar-refractivity contribution < 1.29 is 9.90 Å². The predicted molar refractivity (Wildman–Crippen MR) is 55.5 cm³/mol. The monoisotopic (exact) mass is 219 g/mol. The summed E-state index contributed by atoms with van der Waals surface area (Å²) in [5.41, 5.74) is 0.0787. The number of rotatable bonds is 3. The fraction of sp³-hybridized carbons (Fsp3) is 0.111. The van der Waals surface area contributed by atoms with Crippen molar-refractivity contribution in [2.45, 2.75) is 0 Å². The third-order valence-electron chi connectivity index (χ3n) is 1.97. The number of carboxylic acid groups (broad SMARTS) is 1. The maximum Gasteiger partial charge on any atom is 0.341 e. The molecule has 7 nitrogen and oxygen atoms in total. The molecule has 0 aliphatic carbocycles. The quantitative estimate of drug-likeness (QED) is 0.787. The van der Waals surface area contributed by atoms with Gasteiger partial charge in [0.25, 0.3) is 0 Å². The molecule has 7 heteroatoms. The Kier molecular flexibility index (Phi) is 2.50. The summed E-state index contributed by atoms with van der Waals surface area (Å²) in [7, 11) is 1.64. The Morgan fingerprint density at radius 2 is 2.12 bits per heavy atom. The van der Waals surface area contributed by atoms with E-state index in [9.17, 15) is 4.79 Å². The molecule has 82 valence electrons. The van der Waals surface area contributed by atoms with Gasteiger partial charge < -0.3 is 10.4 Å². The third-order valence-corrected chi connectivity index (χ3v) is 1.97. The van der Waals surface area contributed by atoms with Crippen LogP contribution in [-0.4, -0.2) is 30.8 Å². The summed E-state index contributed by atoms with van der Waals surface area (Å²) < 4.78 is 1.42. The van der Waals surface area contributed by atoms with Crippen molar-refractivity contribution in [1.29, 1.82) is 0 Å². The highest BCUT2D eigenvalue weighted by Crippen LogP contribution is 2.16. The number of aryl methyl sites for hydroxylation is 1. The Balaban J connectivity index is 2.34. The molecule has 0 fully saturated rings. The van der Waals surface area contributed by atoms with E-state index in [1.165, 1.54) is 10.9 Å². The lowest BCUT2D eigenvalue weighted by molar-refractivity contribution is 0.0698. The number of aromatic nitrogens is 4. The molecule has 0 atom stereocenters. The first-order valence-electron chi connectivity index (χ1n) is 4.48. The first-order valence-corrected chi connectivity index (χ1v) is 4.48. The lowest BCUT2D eigenvalue weighted by atomic mass is 10.3. The van der Waals surface area contributed by atoms with Gasteiger partial charge in [0, 0.05) is 19.4 Å². The number of carboxylic acids is 1. The van der Waals surface area contributed by atoms with E-state index in [1.807, 2.05) is 0 Å². The zero-order valence-corrected chi connectivity index (χ0v) is 8.45. The minimum Gasteiger partial charge on any atom is -0.477 e. The van der Waals surface area contributed by atoms with Gasteiger partial charge in [0.15, 0.2) is 0 Å². The molecule has 0 radical (unpaired) electrons. The SMILES string of the molecule is Cn1ncc(C(=O)O)c1Nc1ncccn1. The molecule has 0 amide bonds. The van der Waals surface area contributed by atoms with E-state index >= 15 is 0 Å². The average molecular weight is 219 g/mol. The highest BCUT2D eigenvalue weighted by Gasteiger charge is 2.15. The van der Waals surface area contributed by atoms with Crippen molar-refractivity contribution in [3.8, 4) is 0 Å². The predicted octanol–water partition coefficient (Wildman–Crippen LogP) is 0.652. The number of hydrogen-bond acceptors (Lipinski definition) is 5. The van der Waals surface area contributed by atoms with E-state index < -0.39 is 5.97 Å². The van der Waals surface area contributed by atoms with Crippen LogP contribution in [0.25, 0.3) is 0 Å². The first kappa shape index (κ1) is 10.1. The van der Waals surface area contributed by atoms with Crippen LogP contribution in [0.3, 0.4) is 0 Å². The van der Waals surface area contributed by atoms with Crippen LogP contribution in [0.15, 0.2) is 24.7 Å². The molecular weight excluding hydrogens is 210 g/mol. The number of hydrogen-bond donors (Lipinski definition) is 2. The van der Waals surface area contributed by atoms with Crippen LogP contribution in [0.1, 0.15) is 10.4 Å². The summed E-state index contributed by atoms with van der Waals surface area (Å²) in [6.07, 6.45) is 4.39. The molecule has 16 heavy (non-hydrogen) atoms. The van der Waals surface area contributed by atoms with Gasteiger partial charge in [-0.1, -0.05) is 0 Å². The second kappa shape index (κ2) is 3.97. The average Bonchev–Trinajstić information content (AvgIpc) is 2.62. The third kappa shape index (κ3) is 1.83. The molecule has 0 aliphatic rings. The fourth-order valence-electron chi connectivity index (χ4n) is 1.21. The topological polar surface area (TPSA) is 92.9 Å². The molecular formula is C9H9N5O2. The molecule has 2 N–H and O–H groups in total. The molecule has 2 aromatic heterocycles. The lowest BCUT2D eigenvalue weighted by Crippen LogP contribution is -2.06. The molecule has 0 saturated heterocycles. The first-order chi connectivity index (χ1) is 7.68. The number of carbonyl (C=O) groups is 1. The van der Waals surface area contributed by atoms with Gasteiger partial charge in [0.2, 0.25) is 5.95 Å². The summed E-state index contributed by atoms with van der Waals surface area (Å²) in [6.45, 7) is 0. The summed E-state index contributed by atoms with van der Waals surface area (Å²) in [5, 5.41) is 15.6. The Morgan fingerprint density at radius 3 is 2.75 bits per heavy atom. The lowest BCUT2D eigenvalue weighted by Gasteiger charge is -2.05. The van der Waals surface area contributed by atoms with E-state index in [0.29, 0.717) is 11.8 Å². The van der Waals surface area contributed by atoms with Gasteiger partial charge in [-0.2, -0.15) is 5.10 Å². The van der Waals surface area contributed by atoms with Crippen LogP contribution in [-0.2, 0) is 7.05 Å². The Morgan fingerprint density at radius 1 is 1.44 bits per heavy atom. The van der Waals surface area contributed by atoms with E-state index in [0.717, 1.165) is 0 Å². The van der Waals surface area contributed by atoms with Crippen molar-refractivity contribution in [3.05, 3.63) is 30.2 Å². The Labute approximate surface area is 90.8 Å². The van der Waals surface area contributed by atoms with Crippen LogP contribution < -0.4 is 5.32 Å². The molecule has 0 spiro atoms. The Bertz CT molecular complexity index is 508. The summed E-state index contributed by atoms with van der Waals surface area (Å²) >= 11 is 0. The van der Waals surface area contributed by atoms with Crippen LogP contribution in [0.2, 0.25) is 0 Å². The maximum atomic E-state index is 10.9. The van der Waals surface area contributed by atoms with Crippen LogP contribution in [0.4, 0.5) is 11.8 Å². The highest BCUT2D eigenvalue weighted by atomic mass is 16.4. The Hall–Kier alpha value is -2.44. The van der Waals surface area contributed by atoms with Gasteiger partial charge in [0.05, 0.1) is 6.20 Å². The van der Waals surface area contributed by atoms with E-state index in [4.69, 9.17) is 5.11 Å². The maximum absolute atomic E-state index is 10.9. The summed E-state index contributed by atoms with van der Waals surface area (Å²) in [5.74, 6) is -0.376. The van der Waals surface area contributed by atoms with Crippen molar-refractivity contribution in [2.75, 3.05) is 5.32 Å². The summed E-state index contributed by atoms with van der Waals surface area (Å²) in [4.78, 5) is 18.8. The van der Waals surface area contributed by atoms with E-state index in [-0.39, 0.29) is 5.56 Å². The van der Waals surface area contributed by atoms with Gasteiger partial charge in [-0.05, 0) is 6.07 Å². The van der Waals surface area contributed by atoms with Crippen molar-refractivity contribution in [3.63, 3.8) is 0 Å². The van der Waals surface area contributed by atoms with Gasteiger partial charge in [-0.25, -0.2) is 14.8 Å². The van der Waals surface area contributed by atoms with Gasteiger partial charge in [0.1, 0.15) is 11.4 Å². The molecule has 2 rings (SSSR count). The van der Waals surface area contributed by atoms with Crippen LogP contribution >= 0.6 is 0 Å². The van der Waals surface area contributed by atoms with Gasteiger partial charge in [-0.3, -0.25) is 4.68 Å². The van der Waals surface area contributed by atoms with Crippen molar-refractivity contribution in [2.24, 2.45) is 7.05 Å². The largest absolute Gasteiger partial charge is 0.477 e. The molecule has 0 aromatic carbocycles. The molecule has 0 saturated carbocycles. The molecule has 2 heterocycles. The smallest absolute Gasteiger partial charge is 0.341 e. The zero-order chi connectivity index (χ0) is 11.5. The standard InChI is InChI=1S/C9H9N5O2/c1-14-7(6(5-12-14)8(15)16)13-9-10-3-2-4-11-9/h2-5H,1H3,(H,15,16)(H,10,11,13). The van der Waals surface area contributed by atoms with Gasteiger partial charge in [-0.15, -0.1) is 0 Å². The van der Waals surface area contributed by atoms with Crippen LogP contribution in [0.5, 0.6) is 0 Å². The summed E-state index contributed by atoms with van der Waals surface area (Å²) in [6, 6.07) is 1.67. The molecule has 0 aliphatic heterocycles. The van der Waals surface area contributed by atoms with E-state index in [2.05, 4.69) is 20.4 Å². The normalized spacial score (nSPS) is 10.1. The molecule has 0 unspecified atom stereocenters. The van der Waals surface area contributed by atoms with Crippen LogP contribution in [0, 0.1) is 0 Å². The van der Waals surface area contributed by atoms with Gasteiger partial charge >= 0.3 is 5.97 Å². The second-order valence-electron chi connectivity index (χ2n) is 3.03. The minimum atomic E-state index is -1.05. The second-order valence-corrected chi connectivity index (χ2v) is 3.03. The van der Waals surface area contributed by atoms with E-state index in [1.54, 1.807) is 25.5 Å². The van der Waals surface area contributed by atoms with Crippen molar-refractivity contribution >= 4 is 17.7 Å². The number of aromatic carboxylic acids is 1. The minimum absolute atomic E-state index is 0.0787.